The summed E-state index contributed by atoms with van der Waals surface area (Å²) in [6.45, 7) is 7.29. The van der Waals surface area contributed by atoms with Crippen molar-refractivity contribution < 1.29 is 0 Å². The Labute approximate surface area is 68.9 Å². The third-order valence-corrected chi connectivity index (χ3v) is 2.17. The monoisotopic (exact) mass is 149 g/mol. The summed E-state index contributed by atoms with van der Waals surface area (Å²) in [6.07, 6.45) is 9.96. The van der Waals surface area contributed by atoms with Crippen molar-refractivity contribution in [3.05, 3.63) is 23.1 Å². The Morgan fingerprint density at radius 2 is 2.00 bits per heavy atom. The minimum absolute atomic E-state index is 0.670. The van der Waals surface area contributed by atoms with E-state index in [2.05, 4.69) is 10.9 Å². The van der Waals surface area contributed by atoms with E-state index in [-0.39, 0.29) is 0 Å². The van der Waals surface area contributed by atoms with E-state index in [0.29, 0.717) is 6.54 Å². The van der Waals surface area contributed by atoms with Crippen LogP contribution in [0.2, 0.25) is 0 Å². The van der Waals surface area contributed by atoms with Crippen molar-refractivity contribution in [1.29, 1.82) is 0 Å². The van der Waals surface area contributed by atoms with Gasteiger partial charge in [0.05, 0.1) is 0 Å². The first kappa shape index (κ1) is 8.33. The van der Waals surface area contributed by atoms with Crippen molar-refractivity contribution in [2.45, 2.75) is 38.5 Å². The summed E-state index contributed by atoms with van der Waals surface area (Å²) in [7, 11) is 0. The lowest BCUT2D eigenvalue weighted by molar-refractivity contribution is 0.596. The largest absolute Gasteiger partial charge is 0.317 e. The van der Waals surface area contributed by atoms with E-state index in [9.17, 15) is 0 Å². The van der Waals surface area contributed by atoms with E-state index < -0.39 is 0 Å². The second kappa shape index (κ2) is 4.96. The van der Waals surface area contributed by atoms with Crippen LogP contribution in [-0.4, -0.2) is 6.54 Å². The molecule has 1 nitrogen and oxygen atoms in total. The highest BCUT2D eigenvalue weighted by Crippen LogP contribution is 2.22. The maximum absolute atomic E-state index is 6.62. The smallest absolute Gasteiger partial charge is 0.218 e. The van der Waals surface area contributed by atoms with Crippen LogP contribution in [0, 0.1) is 6.57 Å². The van der Waals surface area contributed by atoms with E-state index >= 15 is 0 Å². The van der Waals surface area contributed by atoms with E-state index in [1.165, 1.54) is 32.1 Å². The highest BCUT2D eigenvalue weighted by Gasteiger charge is 2.03. The van der Waals surface area contributed by atoms with E-state index in [0.717, 1.165) is 6.42 Å². The van der Waals surface area contributed by atoms with Gasteiger partial charge in [-0.2, -0.15) is 0 Å². The van der Waals surface area contributed by atoms with Crippen LogP contribution in [0.4, 0.5) is 0 Å². The molecule has 1 fully saturated rings. The summed E-state index contributed by atoms with van der Waals surface area (Å²) in [5.41, 5.74) is 1.60. The molecule has 0 aromatic rings. The highest BCUT2D eigenvalue weighted by molar-refractivity contribution is 5.04. The van der Waals surface area contributed by atoms with Crippen LogP contribution in [0.25, 0.3) is 4.85 Å². The van der Waals surface area contributed by atoms with Gasteiger partial charge in [0.1, 0.15) is 0 Å². The Kier molecular flexibility index (Phi) is 3.75. The molecular weight excluding hydrogens is 134 g/mol. The molecule has 0 aromatic carbocycles. The third-order valence-electron chi connectivity index (χ3n) is 2.17. The fraction of sp³-hybridized carbons (Fsp3) is 0.700. The lowest BCUT2D eigenvalue weighted by Gasteiger charge is -2.12. The summed E-state index contributed by atoms with van der Waals surface area (Å²) in [6, 6.07) is 0. The van der Waals surface area contributed by atoms with Gasteiger partial charge < -0.3 is 4.85 Å². The van der Waals surface area contributed by atoms with Crippen LogP contribution in [0.1, 0.15) is 38.5 Å². The van der Waals surface area contributed by atoms with Crippen molar-refractivity contribution in [3.63, 3.8) is 0 Å². The Bertz CT molecular complexity index is 166. The van der Waals surface area contributed by atoms with Gasteiger partial charge >= 0.3 is 0 Å². The van der Waals surface area contributed by atoms with Crippen molar-refractivity contribution in [2.75, 3.05) is 6.54 Å². The maximum Gasteiger partial charge on any atom is 0.218 e. The van der Waals surface area contributed by atoms with Crippen molar-refractivity contribution in [1.82, 2.24) is 0 Å². The van der Waals surface area contributed by atoms with Crippen LogP contribution in [-0.2, 0) is 0 Å². The number of hydrogen-bond acceptors (Lipinski definition) is 0. The van der Waals surface area contributed by atoms with Gasteiger partial charge in [-0.25, -0.2) is 6.57 Å². The fourth-order valence-electron chi connectivity index (χ4n) is 1.54. The van der Waals surface area contributed by atoms with Gasteiger partial charge in [-0.05, 0) is 25.7 Å². The van der Waals surface area contributed by atoms with Crippen molar-refractivity contribution in [2.24, 2.45) is 0 Å². The lowest BCUT2D eigenvalue weighted by atomic mass is 9.94. The number of rotatable bonds is 2. The zero-order valence-electron chi connectivity index (χ0n) is 6.97. The molecule has 0 saturated heterocycles. The highest BCUT2D eigenvalue weighted by atomic mass is 14.6. The van der Waals surface area contributed by atoms with Crippen molar-refractivity contribution >= 4 is 0 Å². The van der Waals surface area contributed by atoms with E-state index in [1.807, 2.05) is 0 Å². The molecule has 1 aliphatic carbocycles. The number of hydrogen-bond donors (Lipinski definition) is 0. The van der Waals surface area contributed by atoms with Gasteiger partial charge in [0, 0.05) is 6.42 Å². The predicted octanol–water partition coefficient (Wildman–Crippen LogP) is 3.19. The summed E-state index contributed by atoms with van der Waals surface area (Å²) in [5.74, 6) is 0. The van der Waals surface area contributed by atoms with Crippen molar-refractivity contribution in [3.8, 4) is 0 Å². The molecule has 0 aromatic heterocycles. The molecule has 11 heavy (non-hydrogen) atoms. The molecule has 1 rings (SSSR count). The van der Waals surface area contributed by atoms with Crippen LogP contribution in [0.5, 0.6) is 0 Å². The SMILES string of the molecule is [C-]#[N+]CCC=C1CCCCC1. The summed E-state index contributed by atoms with van der Waals surface area (Å²) < 4.78 is 0. The van der Waals surface area contributed by atoms with Gasteiger partial charge in [0.25, 0.3) is 0 Å². The second-order valence-electron chi connectivity index (χ2n) is 3.09. The molecule has 0 aliphatic heterocycles. The summed E-state index contributed by atoms with van der Waals surface area (Å²) >= 11 is 0. The molecule has 1 saturated carbocycles. The Hall–Kier alpha value is -0.770. The average Bonchev–Trinajstić information content (AvgIpc) is 2.07. The first-order chi connectivity index (χ1) is 5.43. The van der Waals surface area contributed by atoms with Gasteiger partial charge in [-0.3, -0.25) is 0 Å². The molecule has 0 N–H and O–H groups in total. The van der Waals surface area contributed by atoms with Gasteiger partial charge in [-0.15, -0.1) is 0 Å². The first-order valence-electron chi connectivity index (χ1n) is 4.44. The number of allylic oxidation sites excluding steroid dienone is 1. The number of nitrogens with zero attached hydrogens (tertiary/aromatic N) is 1. The van der Waals surface area contributed by atoms with Gasteiger partial charge in [-0.1, -0.05) is 18.1 Å². The Balaban J connectivity index is 2.22. The third kappa shape index (κ3) is 3.23. The molecule has 0 unspecified atom stereocenters. The quantitative estimate of drug-likeness (QED) is 0.322. The Morgan fingerprint density at radius 3 is 2.64 bits per heavy atom. The first-order valence-corrected chi connectivity index (χ1v) is 4.44. The standard InChI is InChI=1S/C10H15N/c1-11-9-5-8-10-6-3-2-4-7-10/h8H,2-7,9H2. The summed E-state index contributed by atoms with van der Waals surface area (Å²) in [4.78, 5) is 3.33. The summed E-state index contributed by atoms with van der Waals surface area (Å²) in [5, 5.41) is 0. The molecular formula is C10H15N. The molecule has 0 radical (unpaired) electrons. The molecule has 1 aliphatic rings. The molecule has 0 amide bonds. The normalized spacial score (nSPS) is 17.5. The van der Waals surface area contributed by atoms with E-state index in [1.54, 1.807) is 5.57 Å². The topological polar surface area (TPSA) is 4.36 Å². The zero-order chi connectivity index (χ0) is 7.94. The Morgan fingerprint density at radius 1 is 1.27 bits per heavy atom. The molecule has 0 heterocycles. The van der Waals surface area contributed by atoms with Crippen LogP contribution < -0.4 is 0 Å². The average molecular weight is 149 g/mol. The molecule has 0 bridgehead atoms. The minimum atomic E-state index is 0.670. The van der Waals surface area contributed by atoms with Crippen LogP contribution in [0.15, 0.2) is 11.6 Å². The second-order valence-corrected chi connectivity index (χ2v) is 3.09. The zero-order valence-corrected chi connectivity index (χ0v) is 6.97. The molecule has 60 valence electrons. The predicted molar refractivity (Wildman–Crippen MR) is 47.3 cm³/mol. The maximum atomic E-state index is 6.62. The molecule has 0 atom stereocenters. The lowest BCUT2D eigenvalue weighted by Crippen LogP contribution is -1.93. The van der Waals surface area contributed by atoms with Crippen LogP contribution >= 0.6 is 0 Å². The molecule has 0 spiro atoms. The van der Waals surface area contributed by atoms with Gasteiger partial charge in [0.15, 0.2) is 0 Å². The van der Waals surface area contributed by atoms with Crippen LogP contribution in [0.3, 0.4) is 0 Å². The fourth-order valence-corrected chi connectivity index (χ4v) is 1.54. The van der Waals surface area contributed by atoms with Gasteiger partial charge in [0.2, 0.25) is 6.54 Å². The van der Waals surface area contributed by atoms with E-state index in [4.69, 9.17) is 6.57 Å². The minimum Gasteiger partial charge on any atom is -0.317 e. The molecule has 1 heteroatoms.